The SMILES string of the molecule is CC(C)(C)C(=O)NCc1cc(C2CCC2)n[nH]1. The number of H-pyrrole nitrogens is 1. The maximum atomic E-state index is 11.7. The first-order chi connectivity index (χ1) is 7.97. The van der Waals surface area contributed by atoms with E-state index in [9.17, 15) is 4.79 Å². The number of hydrogen-bond donors (Lipinski definition) is 2. The molecule has 4 nitrogen and oxygen atoms in total. The number of hydrogen-bond acceptors (Lipinski definition) is 2. The van der Waals surface area contributed by atoms with Crippen LogP contribution in [0.5, 0.6) is 0 Å². The van der Waals surface area contributed by atoms with Crippen molar-refractivity contribution in [3.63, 3.8) is 0 Å². The summed E-state index contributed by atoms with van der Waals surface area (Å²) in [5.74, 6) is 0.704. The van der Waals surface area contributed by atoms with E-state index in [4.69, 9.17) is 0 Å². The molecule has 1 saturated carbocycles. The Morgan fingerprint density at radius 2 is 2.24 bits per heavy atom. The van der Waals surface area contributed by atoms with Crippen molar-refractivity contribution in [1.82, 2.24) is 15.5 Å². The number of carbonyl (C=O) groups is 1. The summed E-state index contributed by atoms with van der Waals surface area (Å²) >= 11 is 0. The molecule has 1 aromatic heterocycles. The fourth-order valence-corrected chi connectivity index (χ4v) is 1.82. The fraction of sp³-hybridized carbons (Fsp3) is 0.692. The summed E-state index contributed by atoms with van der Waals surface area (Å²) < 4.78 is 0. The molecule has 1 heterocycles. The Morgan fingerprint density at radius 1 is 1.53 bits per heavy atom. The van der Waals surface area contributed by atoms with Gasteiger partial charge in [0, 0.05) is 11.3 Å². The molecule has 0 atom stereocenters. The average Bonchev–Trinajstić information content (AvgIpc) is 2.58. The van der Waals surface area contributed by atoms with Gasteiger partial charge in [-0.25, -0.2) is 0 Å². The Bertz CT molecular complexity index is 399. The molecule has 0 aromatic carbocycles. The Balaban J connectivity index is 1.87. The van der Waals surface area contributed by atoms with Crippen molar-refractivity contribution >= 4 is 5.91 Å². The largest absolute Gasteiger partial charge is 0.350 e. The third-order valence-electron chi connectivity index (χ3n) is 3.29. The number of aromatic nitrogens is 2. The highest BCUT2D eigenvalue weighted by atomic mass is 16.2. The predicted molar refractivity (Wildman–Crippen MR) is 66.5 cm³/mol. The molecule has 0 aliphatic heterocycles. The molecule has 0 bridgehead atoms. The summed E-state index contributed by atoms with van der Waals surface area (Å²) in [5.41, 5.74) is 1.80. The Kier molecular flexibility index (Phi) is 3.22. The van der Waals surface area contributed by atoms with Crippen molar-refractivity contribution in [2.45, 2.75) is 52.5 Å². The highest BCUT2D eigenvalue weighted by Crippen LogP contribution is 2.35. The van der Waals surface area contributed by atoms with Gasteiger partial charge in [0.15, 0.2) is 0 Å². The zero-order chi connectivity index (χ0) is 12.5. The van der Waals surface area contributed by atoms with Gasteiger partial charge in [-0.15, -0.1) is 0 Å². The molecule has 0 spiro atoms. The van der Waals surface area contributed by atoms with Gasteiger partial charge in [-0.3, -0.25) is 9.89 Å². The number of amides is 1. The van der Waals surface area contributed by atoms with E-state index in [1.54, 1.807) is 0 Å². The van der Waals surface area contributed by atoms with Gasteiger partial charge in [0.25, 0.3) is 0 Å². The van der Waals surface area contributed by atoms with Crippen molar-refractivity contribution in [2.24, 2.45) is 5.41 Å². The lowest BCUT2D eigenvalue weighted by Crippen LogP contribution is -2.34. The minimum absolute atomic E-state index is 0.0669. The van der Waals surface area contributed by atoms with Crippen molar-refractivity contribution in [2.75, 3.05) is 0 Å². The van der Waals surface area contributed by atoms with Gasteiger partial charge in [0.05, 0.1) is 17.9 Å². The van der Waals surface area contributed by atoms with Gasteiger partial charge < -0.3 is 5.32 Å². The van der Waals surface area contributed by atoms with Crippen LogP contribution in [0.1, 0.15) is 57.3 Å². The monoisotopic (exact) mass is 235 g/mol. The lowest BCUT2D eigenvalue weighted by molar-refractivity contribution is -0.128. The molecular formula is C13H21N3O. The zero-order valence-corrected chi connectivity index (χ0v) is 10.8. The minimum atomic E-state index is -0.336. The summed E-state index contributed by atoms with van der Waals surface area (Å²) in [6.45, 7) is 6.27. The first kappa shape index (κ1) is 12.1. The Labute approximate surface area is 102 Å². The van der Waals surface area contributed by atoms with Crippen LogP contribution in [0.2, 0.25) is 0 Å². The normalized spacial score (nSPS) is 16.6. The van der Waals surface area contributed by atoms with E-state index >= 15 is 0 Å². The summed E-state index contributed by atoms with van der Waals surface area (Å²) in [4.78, 5) is 11.7. The van der Waals surface area contributed by atoms with Crippen LogP contribution in [0, 0.1) is 5.41 Å². The lowest BCUT2D eigenvalue weighted by Gasteiger charge is -2.22. The number of carbonyl (C=O) groups excluding carboxylic acids is 1. The predicted octanol–water partition coefficient (Wildman–Crippen LogP) is 2.34. The van der Waals surface area contributed by atoms with Crippen LogP contribution >= 0.6 is 0 Å². The lowest BCUT2D eigenvalue weighted by atomic mass is 9.83. The molecule has 0 radical (unpaired) electrons. The van der Waals surface area contributed by atoms with Gasteiger partial charge >= 0.3 is 0 Å². The summed E-state index contributed by atoms with van der Waals surface area (Å²) in [7, 11) is 0. The number of nitrogens with one attached hydrogen (secondary N) is 2. The van der Waals surface area contributed by atoms with Crippen LogP contribution in [0.25, 0.3) is 0 Å². The quantitative estimate of drug-likeness (QED) is 0.844. The maximum absolute atomic E-state index is 11.7. The molecule has 1 amide bonds. The summed E-state index contributed by atoms with van der Waals surface area (Å²) in [5, 5.41) is 10.2. The Hall–Kier alpha value is -1.32. The van der Waals surface area contributed by atoms with E-state index in [0.717, 1.165) is 11.4 Å². The smallest absolute Gasteiger partial charge is 0.225 e. The molecule has 2 N–H and O–H groups in total. The first-order valence-electron chi connectivity index (χ1n) is 6.29. The second-order valence-electron chi connectivity index (χ2n) is 5.88. The van der Waals surface area contributed by atoms with Crippen molar-refractivity contribution < 1.29 is 4.79 Å². The topological polar surface area (TPSA) is 57.8 Å². The first-order valence-corrected chi connectivity index (χ1v) is 6.29. The van der Waals surface area contributed by atoms with Crippen LogP contribution in [-0.2, 0) is 11.3 Å². The fourth-order valence-electron chi connectivity index (χ4n) is 1.82. The number of nitrogens with zero attached hydrogens (tertiary/aromatic N) is 1. The van der Waals surface area contributed by atoms with Gasteiger partial charge in [-0.05, 0) is 18.9 Å². The van der Waals surface area contributed by atoms with Crippen molar-refractivity contribution in [1.29, 1.82) is 0 Å². The van der Waals surface area contributed by atoms with Crippen molar-refractivity contribution in [3.8, 4) is 0 Å². The Morgan fingerprint density at radius 3 is 2.76 bits per heavy atom. The second-order valence-corrected chi connectivity index (χ2v) is 5.88. The highest BCUT2D eigenvalue weighted by Gasteiger charge is 2.23. The molecule has 0 unspecified atom stereocenters. The van der Waals surface area contributed by atoms with Crippen molar-refractivity contribution in [3.05, 3.63) is 17.5 Å². The third-order valence-corrected chi connectivity index (χ3v) is 3.29. The minimum Gasteiger partial charge on any atom is -0.350 e. The van der Waals surface area contributed by atoms with Crippen LogP contribution in [0.3, 0.4) is 0 Å². The average molecular weight is 235 g/mol. The number of aromatic amines is 1. The van der Waals surface area contributed by atoms with Gasteiger partial charge in [-0.2, -0.15) is 5.10 Å². The van der Waals surface area contributed by atoms with Crippen LogP contribution < -0.4 is 5.32 Å². The molecule has 1 aromatic rings. The van der Waals surface area contributed by atoms with E-state index in [0.29, 0.717) is 12.5 Å². The molecule has 4 heteroatoms. The summed E-state index contributed by atoms with van der Waals surface area (Å²) in [6.07, 6.45) is 3.81. The standard InChI is InChI=1S/C13H21N3O/c1-13(2,3)12(17)14-8-10-7-11(16-15-10)9-5-4-6-9/h7,9H,4-6,8H2,1-3H3,(H,14,17)(H,15,16). The van der Waals surface area contributed by atoms with E-state index in [2.05, 4.69) is 21.6 Å². The van der Waals surface area contributed by atoms with E-state index < -0.39 is 0 Å². The van der Waals surface area contributed by atoms with E-state index in [1.165, 1.54) is 19.3 Å². The van der Waals surface area contributed by atoms with Crippen LogP contribution in [0.15, 0.2) is 6.07 Å². The molecular weight excluding hydrogens is 214 g/mol. The second kappa shape index (κ2) is 4.51. The molecule has 17 heavy (non-hydrogen) atoms. The van der Waals surface area contributed by atoms with E-state index in [1.807, 2.05) is 20.8 Å². The van der Waals surface area contributed by atoms with Crippen LogP contribution in [0.4, 0.5) is 0 Å². The molecule has 1 aliphatic carbocycles. The summed E-state index contributed by atoms with van der Waals surface area (Å²) in [6, 6.07) is 2.08. The van der Waals surface area contributed by atoms with Crippen LogP contribution in [-0.4, -0.2) is 16.1 Å². The third kappa shape index (κ3) is 2.87. The van der Waals surface area contributed by atoms with Gasteiger partial charge in [0.2, 0.25) is 5.91 Å². The molecule has 1 aliphatic rings. The number of rotatable bonds is 3. The van der Waals surface area contributed by atoms with Gasteiger partial charge in [0.1, 0.15) is 0 Å². The zero-order valence-electron chi connectivity index (χ0n) is 10.8. The molecule has 0 saturated heterocycles. The maximum Gasteiger partial charge on any atom is 0.225 e. The molecule has 1 fully saturated rings. The van der Waals surface area contributed by atoms with E-state index in [-0.39, 0.29) is 11.3 Å². The highest BCUT2D eigenvalue weighted by molar-refractivity contribution is 5.81. The van der Waals surface area contributed by atoms with Gasteiger partial charge in [-0.1, -0.05) is 27.2 Å². The molecule has 2 rings (SSSR count). The molecule has 94 valence electrons.